The molecule has 0 fully saturated rings. The van der Waals surface area contributed by atoms with Crippen LogP contribution in [0.2, 0.25) is 0 Å². The van der Waals surface area contributed by atoms with Gasteiger partial charge < -0.3 is 4.89 Å². The van der Waals surface area contributed by atoms with Gasteiger partial charge in [0.1, 0.15) is 0 Å². The van der Waals surface area contributed by atoms with Crippen molar-refractivity contribution >= 4 is 8.03 Å². The summed E-state index contributed by atoms with van der Waals surface area (Å²) in [6.07, 6.45) is 1.87. The minimum Gasteiger partial charge on any atom is -0.346 e. The number of rotatable bonds is 3. The predicted octanol–water partition coefficient (Wildman–Crippen LogP) is 1.64. The second kappa shape index (κ2) is 6.93. The van der Waals surface area contributed by atoms with E-state index in [-0.39, 0.29) is 25.1 Å². The van der Waals surface area contributed by atoms with Crippen molar-refractivity contribution in [3.63, 3.8) is 0 Å². The Morgan fingerprint density at radius 3 is 2.22 bits per heavy atom. The first-order chi connectivity index (χ1) is 3.68. The molecule has 0 heterocycles. The Balaban J connectivity index is 0. The molecule has 0 amide bonds. The molecule has 52 valence electrons. The van der Waals surface area contributed by atoms with Gasteiger partial charge in [0.05, 0.1) is 0 Å². The fourth-order valence-corrected chi connectivity index (χ4v) is 1.09. The monoisotopic (exact) mass is 200 g/mol. The summed E-state index contributed by atoms with van der Waals surface area (Å²) >= 11 is 0. The third-order valence-electron chi connectivity index (χ3n) is 1.14. The SMILES string of the molecule is CCCC(C)[PH](=O)O.[Zn]. The van der Waals surface area contributed by atoms with Crippen LogP contribution in [-0.2, 0) is 24.0 Å². The summed E-state index contributed by atoms with van der Waals surface area (Å²) in [5.41, 5.74) is 0.0185. The summed E-state index contributed by atoms with van der Waals surface area (Å²) in [5, 5.41) is 0. The molecule has 0 aliphatic carbocycles. The van der Waals surface area contributed by atoms with E-state index in [0.29, 0.717) is 0 Å². The number of hydrogen-bond acceptors (Lipinski definition) is 1. The molecule has 2 nitrogen and oxygen atoms in total. The van der Waals surface area contributed by atoms with Crippen LogP contribution in [0.4, 0.5) is 0 Å². The van der Waals surface area contributed by atoms with Crippen molar-refractivity contribution in [3.05, 3.63) is 0 Å². The maximum absolute atomic E-state index is 10.3. The summed E-state index contributed by atoms with van der Waals surface area (Å²) in [6, 6.07) is 0. The average molecular weight is 202 g/mol. The molecule has 0 bridgehead atoms. The van der Waals surface area contributed by atoms with Gasteiger partial charge in [-0.3, -0.25) is 4.57 Å². The normalized spacial score (nSPS) is 15.9. The Bertz CT molecular complexity index is 87.0. The van der Waals surface area contributed by atoms with Crippen LogP contribution in [0.25, 0.3) is 0 Å². The van der Waals surface area contributed by atoms with Crippen LogP contribution < -0.4 is 0 Å². The second-order valence-electron chi connectivity index (χ2n) is 2.03. The topological polar surface area (TPSA) is 37.3 Å². The molecular formula is C5H13O2PZn. The van der Waals surface area contributed by atoms with E-state index in [9.17, 15) is 4.57 Å². The first-order valence-corrected chi connectivity index (χ1v) is 4.34. The molecule has 2 atom stereocenters. The molecule has 0 aromatic heterocycles. The van der Waals surface area contributed by atoms with E-state index in [2.05, 4.69) is 0 Å². The molecule has 0 aromatic carbocycles. The number of hydrogen-bond donors (Lipinski definition) is 1. The van der Waals surface area contributed by atoms with E-state index in [1.807, 2.05) is 13.8 Å². The van der Waals surface area contributed by atoms with E-state index in [0.717, 1.165) is 12.8 Å². The van der Waals surface area contributed by atoms with Crippen molar-refractivity contribution < 1.29 is 28.9 Å². The van der Waals surface area contributed by atoms with Gasteiger partial charge in [0.15, 0.2) is 8.03 Å². The third kappa shape index (κ3) is 6.70. The van der Waals surface area contributed by atoms with Gasteiger partial charge in [-0.1, -0.05) is 20.3 Å². The maximum atomic E-state index is 10.3. The molecule has 0 aliphatic rings. The van der Waals surface area contributed by atoms with Crippen LogP contribution in [0.1, 0.15) is 26.7 Å². The van der Waals surface area contributed by atoms with Gasteiger partial charge in [-0.2, -0.15) is 0 Å². The largest absolute Gasteiger partial charge is 0.346 e. The maximum Gasteiger partial charge on any atom is 0.191 e. The van der Waals surface area contributed by atoms with Crippen molar-refractivity contribution in [2.45, 2.75) is 32.3 Å². The van der Waals surface area contributed by atoms with E-state index >= 15 is 0 Å². The summed E-state index contributed by atoms with van der Waals surface area (Å²) in [5.74, 6) is 0. The van der Waals surface area contributed by atoms with E-state index in [1.54, 1.807) is 0 Å². The summed E-state index contributed by atoms with van der Waals surface area (Å²) in [4.78, 5) is 8.50. The Morgan fingerprint density at radius 2 is 2.11 bits per heavy atom. The minimum atomic E-state index is -2.22. The molecule has 9 heavy (non-hydrogen) atoms. The van der Waals surface area contributed by atoms with Crippen molar-refractivity contribution in [1.29, 1.82) is 0 Å². The summed E-state index contributed by atoms with van der Waals surface area (Å²) in [6.45, 7) is 3.83. The fourth-order valence-electron chi connectivity index (χ4n) is 0.556. The van der Waals surface area contributed by atoms with Gasteiger partial charge in [0.25, 0.3) is 0 Å². The zero-order valence-electron chi connectivity index (χ0n) is 6.05. The molecule has 0 aliphatic heterocycles. The van der Waals surface area contributed by atoms with Crippen LogP contribution in [0.3, 0.4) is 0 Å². The van der Waals surface area contributed by atoms with Crippen molar-refractivity contribution in [1.82, 2.24) is 0 Å². The van der Waals surface area contributed by atoms with Gasteiger partial charge in [-0.25, -0.2) is 0 Å². The van der Waals surface area contributed by atoms with Crippen LogP contribution in [0, 0.1) is 0 Å². The fraction of sp³-hybridized carbons (Fsp3) is 1.00. The molecule has 0 saturated heterocycles. The molecule has 0 saturated carbocycles. The zero-order chi connectivity index (χ0) is 6.57. The smallest absolute Gasteiger partial charge is 0.191 e. The second-order valence-corrected chi connectivity index (χ2v) is 3.69. The predicted molar refractivity (Wildman–Crippen MR) is 35.6 cm³/mol. The summed E-state index contributed by atoms with van der Waals surface area (Å²) < 4.78 is 10.3. The van der Waals surface area contributed by atoms with Crippen molar-refractivity contribution in [2.24, 2.45) is 0 Å². The Morgan fingerprint density at radius 1 is 1.67 bits per heavy atom. The van der Waals surface area contributed by atoms with Gasteiger partial charge in [-0.15, -0.1) is 0 Å². The zero-order valence-corrected chi connectivity index (χ0v) is 10.0. The molecule has 0 radical (unpaired) electrons. The first kappa shape index (κ1) is 12.5. The average Bonchev–Trinajstić information content (AvgIpc) is 1.67. The minimum absolute atomic E-state index is 0. The molecule has 0 spiro atoms. The van der Waals surface area contributed by atoms with E-state index in [1.165, 1.54) is 0 Å². The van der Waals surface area contributed by atoms with Gasteiger partial charge >= 0.3 is 0 Å². The third-order valence-corrected chi connectivity index (χ3v) is 2.28. The Hall–Kier alpha value is 0.813. The van der Waals surface area contributed by atoms with Crippen LogP contribution in [-0.4, -0.2) is 10.6 Å². The summed E-state index contributed by atoms with van der Waals surface area (Å²) in [7, 11) is -2.22. The van der Waals surface area contributed by atoms with Crippen LogP contribution >= 0.6 is 8.03 Å². The molecule has 0 rings (SSSR count). The van der Waals surface area contributed by atoms with Gasteiger partial charge in [0.2, 0.25) is 0 Å². The van der Waals surface area contributed by atoms with Gasteiger partial charge in [-0.05, 0) is 6.42 Å². The molecule has 4 heteroatoms. The van der Waals surface area contributed by atoms with Crippen molar-refractivity contribution in [2.75, 3.05) is 0 Å². The molecular weight excluding hydrogens is 188 g/mol. The van der Waals surface area contributed by atoms with Crippen molar-refractivity contribution in [3.8, 4) is 0 Å². The Labute approximate surface area is 69.7 Å². The van der Waals surface area contributed by atoms with E-state index < -0.39 is 8.03 Å². The molecule has 0 aromatic rings. The first-order valence-electron chi connectivity index (χ1n) is 2.91. The Kier molecular flexibility index (Phi) is 9.61. The van der Waals surface area contributed by atoms with E-state index in [4.69, 9.17) is 4.89 Å². The van der Waals surface area contributed by atoms with Crippen LogP contribution in [0.15, 0.2) is 0 Å². The quantitative estimate of drug-likeness (QED) is 0.557. The van der Waals surface area contributed by atoms with Crippen LogP contribution in [0.5, 0.6) is 0 Å². The van der Waals surface area contributed by atoms with Gasteiger partial charge in [0, 0.05) is 25.1 Å². The standard InChI is InChI=1S/C5H13O2P.Zn/c1-3-4-5(2)8(6)7;/h5,8H,3-4H2,1-2H3,(H,6,7);. The molecule has 2 unspecified atom stereocenters. The molecule has 1 N–H and O–H groups in total.